The van der Waals surface area contributed by atoms with Crippen molar-refractivity contribution in [2.24, 2.45) is 5.92 Å². The highest BCUT2D eigenvalue weighted by atomic mass is 16.6. The largest absolute Gasteiger partial charge is 0.441 e. The third kappa shape index (κ3) is 1.73. The van der Waals surface area contributed by atoms with E-state index < -0.39 is 12.2 Å². The Bertz CT molecular complexity index is 204. The fourth-order valence-corrected chi connectivity index (χ4v) is 1.10. The van der Waals surface area contributed by atoms with E-state index in [0.717, 1.165) is 0 Å². The first-order valence-corrected chi connectivity index (χ1v) is 3.73. The normalized spacial score (nSPS) is 27.3. The molecule has 1 aliphatic heterocycles. The average molecular weight is 173 g/mol. The van der Waals surface area contributed by atoms with Gasteiger partial charge in [0.25, 0.3) is 0 Å². The van der Waals surface area contributed by atoms with E-state index in [-0.39, 0.29) is 18.4 Å². The molecule has 0 aliphatic carbocycles. The van der Waals surface area contributed by atoms with Crippen molar-refractivity contribution >= 4 is 11.9 Å². The van der Waals surface area contributed by atoms with Gasteiger partial charge < -0.3 is 15.2 Å². The smallest absolute Gasteiger partial charge is 0.304 e. The second kappa shape index (κ2) is 3.53. The summed E-state index contributed by atoms with van der Waals surface area (Å²) in [6.45, 7) is 1.20. The van der Waals surface area contributed by atoms with Crippen LogP contribution in [0, 0.1) is 5.92 Å². The number of rotatable bonds is 3. The Morgan fingerprint density at radius 1 is 1.75 bits per heavy atom. The molecule has 0 aromatic rings. The highest BCUT2D eigenvalue weighted by Gasteiger charge is 2.40. The second-order valence-corrected chi connectivity index (χ2v) is 2.66. The van der Waals surface area contributed by atoms with Gasteiger partial charge in [0, 0.05) is 13.5 Å². The predicted octanol–water partition coefficient (Wildman–Crippen LogP) is -0.996. The Morgan fingerprint density at radius 2 is 2.42 bits per heavy atom. The number of hydrogen-bond acceptors (Lipinski definition) is 4. The van der Waals surface area contributed by atoms with Crippen LogP contribution in [0.5, 0.6) is 0 Å². The van der Waals surface area contributed by atoms with Gasteiger partial charge in [-0.15, -0.1) is 0 Å². The molecule has 1 amide bonds. The van der Waals surface area contributed by atoms with Gasteiger partial charge in [-0.3, -0.25) is 9.59 Å². The van der Waals surface area contributed by atoms with Gasteiger partial charge in [0.1, 0.15) is 0 Å². The molecule has 1 fully saturated rings. The number of hydrogen-bond donors (Lipinski definition) is 2. The van der Waals surface area contributed by atoms with E-state index in [4.69, 9.17) is 9.84 Å². The summed E-state index contributed by atoms with van der Waals surface area (Å²) in [4.78, 5) is 21.3. The molecule has 1 heterocycles. The molecule has 0 bridgehead atoms. The molecule has 68 valence electrons. The molecule has 2 N–H and O–H groups in total. The van der Waals surface area contributed by atoms with Crippen molar-refractivity contribution < 1.29 is 19.4 Å². The predicted molar refractivity (Wildman–Crippen MR) is 38.9 cm³/mol. The maximum Gasteiger partial charge on any atom is 0.304 e. The third-order valence-corrected chi connectivity index (χ3v) is 1.72. The number of carbonyl (C=O) groups excluding carboxylic acids is 2. The highest BCUT2D eigenvalue weighted by molar-refractivity contribution is 5.86. The molecule has 2 unspecified atom stereocenters. The van der Waals surface area contributed by atoms with Crippen LogP contribution >= 0.6 is 0 Å². The maximum absolute atomic E-state index is 10.8. The Balaban J connectivity index is 2.37. The number of carbonyl (C=O) groups is 2. The van der Waals surface area contributed by atoms with Crippen LogP contribution in [0.1, 0.15) is 13.3 Å². The fourth-order valence-electron chi connectivity index (χ4n) is 1.10. The second-order valence-electron chi connectivity index (χ2n) is 2.66. The van der Waals surface area contributed by atoms with Crippen LogP contribution in [-0.2, 0) is 14.3 Å². The topological polar surface area (TPSA) is 75.6 Å². The van der Waals surface area contributed by atoms with Crippen molar-refractivity contribution in [3.8, 4) is 0 Å². The number of ether oxygens (including phenoxy) is 1. The SMILES string of the molecule is CC(=O)OC1NC(=O)C1CCO. The van der Waals surface area contributed by atoms with Crippen molar-refractivity contribution in [1.82, 2.24) is 5.32 Å². The number of β-lactam (4-membered cyclic amide) rings is 1. The summed E-state index contributed by atoms with van der Waals surface area (Å²) in [5.74, 6) is -0.975. The first-order chi connectivity index (χ1) is 5.65. The molecule has 1 aliphatic rings. The van der Waals surface area contributed by atoms with Gasteiger partial charge in [-0.2, -0.15) is 0 Å². The molecule has 0 aromatic heterocycles. The molecule has 0 aromatic carbocycles. The molecule has 1 rings (SSSR count). The number of nitrogens with one attached hydrogen (secondary N) is 1. The molecule has 5 nitrogen and oxygen atoms in total. The zero-order chi connectivity index (χ0) is 9.14. The van der Waals surface area contributed by atoms with Crippen LogP contribution in [0.2, 0.25) is 0 Å². The van der Waals surface area contributed by atoms with E-state index in [0.29, 0.717) is 6.42 Å². The summed E-state index contributed by atoms with van der Waals surface area (Å²) in [6.07, 6.45) is -0.203. The molecule has 0 spiro atoms. The lowest BCUT2D eigenvalue weighted by molar-refractivity contribution is -0.168. The van der Waals surface area contributed by atoms with Gasteiger partial charge >= 0.3 is 5.97 Å². The zero-order valence-corrected chi connectivity index (χ0v) is 6.74. The maximum atomic E-state index is 10.8. The van der Waals surface area contributed by atoms with Gasteiger partial charge in [-0.1, -0.05) is 0 Å². The first kappa shape index (κ1) is 8.99. The van der Waals surface area contributed by atoms with E-state index in [1.54, 1.807) is 0 Å². The van der Waals surface area contributed by atoms with E-state index in [1.165, 1.54) is 6.92 Å². The van der Waals surface area contributed by atoms with Crippen molar-refractivity contribution in [3.05, 3.63) is 0 Å². The third-order valence-electron chi connectivity index (χ3n) is 1.72. The Hall–Kier alpha value is -1.10. The van der Waals surface area contributed by atoms with Crippen LogP contribution in [0.4, 0.5) is 0 Å². The van der Waals surface area contributed by atoms with E-state index >= 15 is 0 Å². The minimum atomic E-state index is -0.540. The van der Waals surface area contributed by atoms with Crippen LogP contribution in [0.3, 0.4) is 0 Å². The van der Waals surface area contributed by atoms with E-state index in [2.05, 4.69) is 5.32 Å². The van der Waals surface area contributed by atoms with Crippen LogP contribution in [0.15, 0.2) is 0 Å². The molecule has 0 radical (unpaired) electrons. The monoisotopic (exact) mass is 173 g/mol. The minimum absolute atomic E-state index is 0.0736. The highest BCUT2D eigenvalue weighted by Crippen LogP contribution is 2.19. The first-order valence-electron chi connectivity index (χ1n) is 3.73. The molecule has 2 atom stereocenters. The lowest BCUT2D eigenvalue weighted by Gasteiger charge is -2.35. The fraction of sp³-hybridized carbons (Fsp3) is 0.714. The summed E-state index contributed by atoms with van der Waals surface area (Å²) in [7, 11) is 0. The summed E-state index contributed by atoms with van der Waals surface area (Å²) >= 11 is 0. The quantitative estimate of drug-likeness (QED) is 0.424. The molecule has 5 heteroatoms. The van der Waals surface area contributed by atoms with E-state index in [1.807, 2.05) is 0 Å². The number of amides is 1. The average Bonchev–Trinajstić information content (AvgIpc) is 1.99. The van der Waals surface area contributed by atoms with Gasteiger partial charge in [0.2, 0.25) is 5.91 Å². The Morgan fingerprint density at radius 3 is 2.83 bits per heavy atom. The van der Waals surface area contributed by atoms with Crippen molar-refractivity contribution in [3.63, 3.8) is 0 Å². The van der Waals surface area contributed by atoms with Crippen molar-refractivity contribution in [2.45, 2.75) is 19.6 Å². The summed E-state index contributed by atoms with van der Waals surface area (Å²) in [5, 5.41) is 11.0. The molecule has 12 heavy (non-hydrogen) atoms. The van der Waals surface area contributed by atoms with Crippen molar-refractivity contribution in [2.75, 3.05) is 6.61 Å². The molecular weight excluding hydrogens is 162 g/mol. The number of aliphatic hydroxyl groups excluding tert-OH is 1. The zero-order valence-electron chi connectivity index (χ0n) is 6.74. The van der Waals surface area contributed by atoms with Gasteiger partial charge in [-0.25, -0.2) is 0 Å². The molecule has 1 saturated heterocycles. The summed E-state index contributed by atoms with van der Waals surface area (Å²) in [5.41, 5.74) is 0. The van der Waals surface area contributed by atoms with Crippen LogP contribution in [0.25, 0.3) is 0 Å². The van der Waals surface area contributed by atoms with E-state index in [9.17, 15) is 9.59 Å². The van der Waals surface area contributed by atoms with Gasteiger partial charge in [0.05, 0.1) is 5.92 Å². The summed E-state index contributed by atoms with van der Waals surface area (Å²) in [6, 6.07) is 0. The van der Waals surface area contributed by atoms with Gasteiger partial charge in [-0.05, 0) is 6.42 Å². The lowest BCUT2D eigenvalue weighted by atomic mass is 9.96. The molecule has 0 saturated carbocycles. The Labute approximate surface area is 69.7 Å². The summed E-state index contributed by atoms with van der Waals surface area (Å²) < 4.78 is 4.74. The molecular formula is C7H11NO4. The number of esters is 1. The van der Waals surface area contributed by atoms with Crippen LogP contribution < -0.4 is 5.32 Å². The Kier molecular flexibility index (Phi) is 2.65. The van der Waals surface area contributed by atoms with Crippen molar-refractivity contribution in [1.29, 1.82) is 0 Å². The lowest BCUT2D eigenvalue weighted by Crippen LogP contribution is -2.60. The minimum Gasteiger partial charge on any atom is -0.441 e. The van der Waals surface area contributed by atoms with Crippen LogP contribution in [-0.4, -0.2) is 29.8 Å². The van der Waals surface area contributed by atoms with Gasteiger partial charge in [0.15, 0.2) is 6.23 Å². The standard InChI is InChI=1S/C7H11NO4/c1-4(10)12-7-5(2-3-9)6(11)8-7/h5,7,9H,2-3H2,1H3,(H,8,11). The number of aliphatic hydroxyl groups is 1.